The van der Waals surface area contributed by atoms with Gasteiger partial charge in [0.25, 0.3) is 5.91 Å². The van der Waals surface area contributed by atoms with Gasteiger partial charge in [-0.25, -0.2) is 5.48 Å². The Bertz CT molecular complexity index is 770. The van der Waals surface area contributed by atoms with E-state index >= 15 is 0 Å². The van der Waals surface area contributed by atoms with Crippen molar-refractivity contribution >= 4 is 23.4 Å². The van der Waals surface area contributed by atoms with Crippen molar-refractivity contribution in [2.75, 3.05) is 36.5 Å². The van der Waals surface area contributed by atoms with Gasteiger partial charge in [-0.3, -0.25) is 10.0 Å². The van der Waals surface area contributed by atoms with Crippen LogP contribution in [0.1, 0.15) is 11.1 Å². The number of morpholine rings is 1. The van der Waals surface area contributed by atoms with Gasteiger partial charge in [0.1, 0.15) is 0 Å². The molecule has 1 aliphatic rings. The molecule has 0 radical (unpaired) electrons. The number of ether oxygens (including phenoxy) is 1. The fraction of sp³-hybridized carbons (Fsp3) is 0.250. The summed E-state index contributed by atoms with van der Waals surface area (Å²) >= 11 is 0. The first-order valence-electron chi connectivity index (χ1n) is 8.63. The van der Waals surface area contributed by atoms with Crippen LogP contribution in [0, 0.1) is 0 Å². The van der Waals surface area contributed by atoms with Crippen LogP contribution in [0.4, 0.5) is 11.4 Å². The van der Waals surface area contributed by atoms with Crippen LogP contribution in [0.5, 0.6) is 0 Å². The topological polar surface area (TPSA) is 73.8 Å². The van der Waals surface area contributed by atoms with E-state index < -0.39 is 5.91 Å². The van der Waals surface area contributed by atoms with Crippen LogP contribution >= 0.6 is 0 Å². The zero-order valence-corrected chi connectivity index (χ0v) is 14.5. The zero-order chi connectivity index (χ0) is 18.2. The number of rotatable bonds is 6. The van der Waals surface area contributed by atoms with Crippen molar-refractivity contribution in [2.24, 2.45) is 0 Å². The predicted octanol–water partition coefficient (Wildman–Crippen LogP) is 2.65. The van der Waals surface area contributed by atoms with Crippen LogP contribution in [0.25, 0.3) is 6.08 Å². The molecule has 2 aromatic rings. The Morgan fingerprint density at radius 3 is 2.77 bits per heavy atom. The summed E-state index contributed by atoms with van der Waals surface area (Å²) in [5.41, 5.74) is 5.78. The van der Waals surface area contributed by atoms with E-state index in [1.807, 2.05) is 24.3 Å². The van der Waals surface area contributed by atoms with E-state index in [0.29, 0.717) is 6.54 Å². The van der Waals surface area contributed by atoms with Crippen LogP contribution in [-0.2, 0) is 16.1 Å². The molecule has 0 unspecified atom stereocenters. The molecule has 6 heteroatoms. The zero-order valence-electron chi connectivity index (χ0n) is 14.5. The van der Waals surface area contributed by atoms with E-state index in [-0.39, 0.29) is 0 Å². The van der Waals surface area contributed by atoms with Crippen molar-refractivity contribution in [3.05, 3.63) is 65.7 Å². The first-order chi connectivity index (χ1) is 12.8. The van der Waals surface area contributed by atoms with Gasteiger partial charge in [-0.15, -0.1) is 0 Å². The summed E-state index contributed by atoms with van der Waals surface area (Å²) in [6.45, 7) is 4.04. The molecule has 3 N–H and O–H groups in total. The van der Waals surface area contributed by atoms with Crippen molar-refractivity contribution < 1.29 is 14.7 Å². The van der Waals surface area contributed by atoms with Crippen molar-refractivity contribution in [3.63, 3.8) is 0 Å². The van der Waals surface area contributed by atoms with Gasteiger partial charge in [-0.05, 0) is 35.4 Å². The lowest BCUT2D eigenvalue weighted by molar-refractivity contribution is -0.124. The van der Waals surface area contributed by atoms with E-state index in [0.717, 1.165) is 37.6 Å². The van der Waals surface area contributed by atoms with Gasteiger partial charge < -0.3 is 15.0 Å². The lowest BCUT2D eigenvalue weighted by Crippen LogP contribution is -2.36. The number of carbonyl (C=O) groups excluding carboxylic acids is 1. The molecule has 1 aliphatic heterocycles. The molecule has 2 aromatic carbocycles. The predicted molar refractivity (Wildman–Crippen MR) is 102 cm³/mol. The number of carbonyl (C=O) groups is 1. The van der Waals surface area contributed by atoms with E-state index in [2.05, 4.69) is 34.5 Å². The maximum atomic E-state index is 11.2. The fourth-order valence-corrected chi connectivity index (χ4v) is 2.89. The number of benzene rings is 2. The highest BCUT2D eigenvalue weighted by atomic mass is 16.5. The molecule has 0 aliphatic carbocycles. The number of hydrogen-bond donors (Lipinski definition) is 3. The highest BCUT2D eigenvalue weighted by Crippen LogP contribution is 2.21. The molecule has 1 amide bonds. The van der Waals surface area contributed by atoms with Crippen LogP contribution in [-0.4, -0.2) is 37.4 Å². The van der Waals surface area contributed by atoms with Crippen molar-refractivity contribution in [3.8, 4) is 0 Å². The van der Waals surface area contributed by atoms with Gasteiger partial charge in [0.15, 0.2) is 0 Å². The Morgan fingerprint density at radius 1 is 1.15 bits per heavy atom. The van der Waals surface area contributed by atoms with Crippen molar-refractivity contribution in [1.29, 1.82) is 0 Å². The summed E-state index contributed by atoms with van der Waals surface area (Å²) in [5.74, 6) is -0.557. The number of nitrogens with zero attached hydrogens (tertiary/aromatic N) is 1. The molecule has 0 saturated carbocycles. The Morgan fingerprint density at radius 2 is 1.96 bits per heavy atom. The van der Waals surface area contributed by atoms with E-state index in [1.165, 1.54) is 17.3 Å². The highest BCUT2D eigenvalue weighted by molar-refractivity contribution is 5.91. The van der Waals surface area contributed by atoms with Crippen LogP contribution in [0.15, 0.2) is 54.6 Å². The number of hydroxylamine groups is 1. The van der Waals surface area contributed by atoms with Gasteiger partial charge in [0.05, 0.1) is 13.2 Å². The lowest BCUT2D eigenvalue weighted by atomic mass is 10.1. The molecule has 0 bridgehead atoms. The number of nitrogens with one attached hydrogen (secondary N) is 2. The minimum atomic E-state index is -0.557. The highest BCUT2D eigenvalue weighted by Gasteiger charge is 2.11. The summed E-state index contributed by atoms with van der Waals surface area (Å²) in [6.07, 6.45) is 2.96. The molecule has 6 nitrogen and oxygen atoms in total. The summed E-state index contributed by atoms with van der Waals surface area (Å²) in [4.78, 5) is 13.5. The second-order valence-electron chi connectivity index (χ2n) is 6.02. The van der Waals surface area contributed by atoms with Gasteiger partial charge in [-0.1, -0.05) is 30.3 Å². The van der Waals surface area contributed by atoms with Crippen molar-refractivity contribution in [2.45, 2.75) is 6.54 Å². The number of para-hydroxylation sites is 1. The normalized spacial score (nSPS) is 14.4. The molecule has 1 saturated heterocycles. The molecule has 26 heavy (non-hydrogen) atoms. The molecule has 1 heterocycles. The van der Waals surface area contributed by atoms with Crippen LogP contribution in [0.2, 0.25) is 0 Å². The van der Waals surface area contributed by atoms with Gasteiger partial charge in [0, 0.05) is 37.1 Å². The van der Waals surface area contributed by atoms with E-state index in [1.54, 1.807) is 11.6 Å². The lowest BCUT2D eigenvalue weighted by Gasteiger charge is -2.29. The average molecular weight is 353 g/mol. The Labute approximate surface area is 153 Å². The summed E-state index contributed by atoms with van der Waals surface area (Å²) < 4.78 is 5.41. The Hall–Kier alpha value is -2.83. The van der Waals surface area contributed by atoms with Gasteiger partial charge >= 0.3 is 0 Å². The largest absolute Gasteiger partial charge is 0.380 e. The smallest absolute Gasteiger partial charge is 0.267 e. The SMILES string of the molecule is O=C(/C=C/c1ccccc1NCc1cccc(N2CCOCC2)c1)NO. The third-order valence-electron chi connectivity index (χ3n) is 4.26. The summed E-state index contributed by atoms with van der Waals surface area (Å²) in [6, 6.07) is 16.2. The molecule has 1 fully saturated rings. The fourth-order valence-electron chi connectivity index (χ4n) is 2.89. The number of hydrogen-bond acceptors (Lipinski definition) is 5. The minimum Gasteiger partial charge on any atom is -0.380 e. The molecule has 0 atom stereocenters. The average Bonchev–Trinajstić information content (AvgIpc) is 2.72. The van der Waals surface area contributed by atoms with E-state index in [9.17, 15) is 4.79 Å². The molecular weight excluding hydrogens is 330 g/mol. The van der Waals surface area contributed by atoms with Crippen LogP contribution < -0.4 is 15.7 Å². The third-order valence-corrected chi connectivity index (χ3v) is 4.26. The molecular formula is C20H23N3O3. The minimum absolute atomic E-state index is 0.557. The second-order valence-corrected chi connectivity index (χ2v) is 6.02. The maximum absolute atomic E-state index is 11.2. The molecule has 136 valence electrons. The van der Waals surface area contributed by atoms with E-state index in [4.69, 9.17) is 9.94 Å². The van der Waals surface area contributed by atoms with Gasteiger partial charge in [0.2, 0.25) is 0 Å². The van der Waals surface area contributed by atoms with Crippen molar-refractivity contribution in [1.82, 2.24) is 5.48 Å². The molecule has 3 rings (SSSR count). The third kappa shape index (κ3) is 4.84. The quantitative estimate of drug-likeness (QED) is 0.423. The first-order valence-corrected chi connectivity index (χ1v) is 8.63. The summed E-state index contributed by atoms with van der Waals surface area (Å²) in [5, 5.41) is 12.0. The standard InChI is InChI=1S/C20H23N3O3/c24-20(22-25)9-8-17-5-1-2-7-19(17)21-15-16-4-3-6-18(14-16)23-10-12-26-13-11-23/h1-9,14,21,25H,10-13,15H2,(H,22,24)/b9-8+. The number of anilines is 2. The van der Waals surface area contributed by atoms with Gasteiger partial charge in [-0.2, -0.15) is 0 Å². The Kier molecular flexibility index (Phi) is 6.24. The second kappa shape index (κ2) is 9.03. The summed E-state index contributed by atoms with van der Waals surface area (Å²) in [7, 11) is 0. The Balaban J connectivity index is 1.67. The maximum Gasteiger partial charge on any atom is 0.267 e. The van der Waals surface area contributed by atoms with Crippen LogP contribution in [0.3, 0.4) is 0 Å². The molecule has 0 spiro atoms. The number of amides is 1. The first kappa shape index (κ1) is 18.0. The molecule has 0 aromatic heterocycles. The monoisotopic (exact) mass is 353 g/mol.